The van der Waals surface area contributed by atoms with Crippen LogP contribution in [0.1, 0.15) is 18.5 Å². The average molecular weight is 328 g/mol. The van der Waals surface area contributed by atoms with Crippen LogP contribution in [-0.4, -0.2) is 39.6 Å². The number of nitrogens with two attached hydrogens (primary N) is 1. The highest BCUT2D eigenvalue weighted by Gasteiger charge is 2.27. The summed E-state index contributed by atoms with van der Waals surface area (Å²) in [7, 11) is 0. The zero-order chi connectivity index (χ0) is 17.3. The van der Waals surface area contributed by atoms with Crippen LogP contribution in [0.3, 0.4) is 0 Å². The summed E-state index contributed by atoms with van der Waals surface area (Å²) in [6.45, 7) is 2.57. The number of rotatable bonds is 3. The summed E-state index contributed by atoms with van der Waals surface area (Å²) in [5, 5.41) is 5.59. The largest absolute Gasteiger partial charge is 0.369 e. The maximum Gasteiger partial charge on any atom is 0.275 e. The number of aryl methyl sites for hydroxylation is 1. The van der Waals surface area contributed by atoms with E-state index in [-0.39, 0.29) is 29.8 Å². The quantitative estimate of drug-likeness (QED) is 0.883. The van der Waals surface area contributed by atoms with Gasteiger partial charge in [-0.15, -0.1) is 0 Å². The van der Waals surface area contributed by atoms with E-state index in [1.54, 1.807) is 17.0 Å². The lowest BCUT2D eigenvalue weighted by Gasteiger charge is -2.31. The molecule has 7 heteroatoms. The number of amides is 2. The average Bonchev–Trinajstić information content (AvgIpc) is 2.59. The van der Waals surface area contributed by atoms with Crippen LogP contribution < -0.4 is 11.3 Å². The van der Waals surface area contributed by atoms with Gasteiger partial charge in [0, 0.05) is 18.5 Å². The molecule has 0 saturated carbocycles. The van der Waals surface area contributed by atoms with Crippen LogP contribution in [0.15, 0.2) is 29.1 Å². The second-order valence-corrected chi connectivity index (χ2v) is 6.18. The first-order chi connectivity index (χ1) is 11.5. The second kappa shape index (κ2) is 6.43. The van der Waals surface area contributed by atoms with Gasteiger partial charge < -0.3 is 10.6 Å². The summed E-state index contributed by atoms with van der Waals surface area (Å²) in [5.74, 6) is -0.916. The molecular formula is C17H20N4O3. The molecule has 1 aliphatic heterocycles. The molecule has 2 heterocycles. The van der Waals surface area contributed by atoms with Crippen molar-refractivity contribution in [1.82, 2.24) is 14.7 Å². The first kappa shape index (κ1) is 16.2. The fraction of sp³-hybridized carbons (Fsp3) is 0.412. The Kier molecular flexibility index (Phi) is 4.33. The van der Waals surface area contributed by atoms with Crippen molar-refractivity contribution in [2.75, 3.05) is 13.1 Å². The predicted octanol–water partition coefficient (Wildman–Crippen LogP) is 0.429. The van der Waals surface area contributed by atoms with Gasteiger partial charge in [-0.25, -0.2) is 4.68 Å². The smallest absolute Gasteiger partial charge is 0.275 e. The maximum absolute atomic E-state index is 12.5. The standard InChI is InChI=1S/C17H20N4O3/c1-11-13-6-2-3-7-14(13)17(24)21(19-11)10-15(22)20-8-4-5-12(9-20)16(18)23/h2-3,6-7,12H,4-5,8-10H2,1H3,(H2,18,23)/t12-/m1/s1. The van der Waals surface area contributed by atoms with Crippen LogP contribution in [0.25, 0.3) is 10.8 Å². The van der Waals surface area contributed by atoms with E-state index in [1.807, 2.05) is 19.1 Å². The van der Waals surface area contributed by atoms with Crippen molar-refractivity contribution in [3.63, 3.8) is 0 Å². The zero-order valence-corrected chi connectivity index (χ0v) is 13.6. The van der Waals surface area contributed by atoms with E-state index in [1.165, 1.54) is 4.68 Å². The van der Waals surface area contributed by atoms with Crippen molar-refractivity contribution in [1.29, 1.82) is 0 Å². The number of aromatic nitrogens is 2. The van der Waals surface area contributed by atoms with Crippen molar-refractivity contribution in [3.8, 4) is 0 Å². The fourth-order valence-electron chi connectivity index (χ4n) is 3.18. The van der Waals surface area contributed by atoms with Crippen molar-refractivity contribution in [2.24, 2.45) is 11.7 Å². The SMILES string of the molecule is Cc1nn(CC(=O)N2CCC[C@@H](C(N)=O)C2)c(=O)c2ccccc12. The van der Waals surface area contributed by atoms with Gasteiger partial charge in [0.25, 0.3) is 5.56 Å². The number of benzene rings is 1. The number of piperidine rings is 1. The highest BCUT2D eigenvalue weighted by Crippen LogP contribution is 2.16. The minimum absolute atomic E-state index is 0.129. The third-order valence-electron chi connectivity index (χ3n) is 4.51. The van der Waals surface area contributed by atoms with E-state index in [2.05, 4.69) is 5.10 Å². The van der Waals surface area contributed by atoms with Gasteiger partial charge in [-0.3, -0.25) is 14.4 Å². The van der Waals surface area contributed by atoms with E-state index < -0.39 is 0 Å². The van der Waals surface area contributed by atoms with E-state index >= 15 is 0 Å². The number of nitrogens with zero attached hydrogens (tertiary/aromatic N) is 3. The van der Waals surface area contributed by atoms with Crippen LogP contribution in [0.2, 0.25) is 0 Å². The van der Waals surface area contributed by atoms with E-state index in [9.17, 15) is 14.4 Å². The Balaban J connectivity index is 1.84. The van der Waals surface area contributed by atoms with Gasteiger partial charge in [-0.05, 0) is 25.8 Å². The lowest BCUT2D eigenvalue weighted by molar-refractivity contribution is -0.135. The Hall–Kier alpha value is -2.70. The molecule has 2 N–H and O–H groups in total. The molecule has 2 amide bonds. The van der Waals surface area contributed by atoms with Gasteiger partial charge in [-0.2, -0.15) is 5.10 Å². The molecule has 1 atom stereocenters. The topological polar surface area (TPSA) is 98.3 Å². The number of hydrogen-bond donors (Lipinski definition) is 1. The highest BCUT2D eigenvalue weighted by atomic mass is 16.2. The Morgan fingerprint density at radius 3 is 2.71 bits per heavy atom. The summed E-state index contributed by atoms with van der Waals surface area (Å²) >= 11 is 0. The summed E-state index contributed by atoms with van der Waals surface area (Å²) in [6, 6.07) is 7.21. The molecule has 0 spiro atoms. The van der Waals surface area contributed by atoms with Crippen LogP contribution >= 0.6 is 0 Å². The molecule has 0 bridgehead atoms. The van der Waals surface area contributed by atoms with Gasteiger partial charge in [-0.1, -0.05) is 18.2 Å². The zero-order valence-electron chi connectivity index (χ0n) is 13.6. The first-order valence-corrected chi connectivity index (χ1v) is 8.01. The maximum atomic E-state index is 12.5. The van der Waals surface area contributed by atoms with Crippen molar-refractivity contribution < 1.29 is 9.59 Å². The summed E-state index contributed by atoms with van der Waals surface area (Å²) in [5.41, 5.74) is 5.76. The molecule has 1 aliphatic rings. The highest BCUT2D eigenvalue weighted by molar-refractivity contribution is 5.84. The molecule has 1 aromatic heterocycles. The van der Waals surface area contributed by atoms with E-state index in [4.69, 9.17) is 5.73 Å². The van der Waals surface area contributed by atoms with E-state index in [0.717, 1.165) is 11.8 Å². The molecule has 2 aromatic rings. The molecule has 7 nitrogen and oxygen atoms in total. The minimum atomic E-state index is -0.385. The van der Waals surface area contributed by atoms with Crippen molar-refractivity contribution in [3.05, 3.63) is 40.3 Å². The predicted molar refractivity (Wildman–Crippen MR) is 89.2 cm³/mol. The second-order valence-electron chi connectivity index (χ2n) is 6.18. The number of carbonyl (C=O) groups is 2. The molecule has 0 aliphatic carbocycles. The molecule has 0 radical (unpaired) electrons. The molecule has 1 aromatic carbocycles. The number of likely N-dealkylation sites (tertiary alicyclic amines) is 1. The van der Waals surface area contributed by atoms with Crippen LogP contribution in [-0.2, 0) is 16.1 Å². The van der Waals surface area contributed by atoms with Gasteiger partial charge in [0.1, 0.15) is 6.54 Å². The minimum Gasteiger partial charge on any atom is -0.369 e. The lowest BCUT2D eigenvalue weighted by Crippen LogP contribution is -2.46. The molecular weight excluding hydrogens is 308 g/mol. The summed E-state index contributed by atoms with van der Waals surface area (Å²) in [4.78, 5) is 38.0. The fourth-order valence-corrected chi connectivity index (χ4v) is 3.18. The number of hydrogen-bond acceptors (Lipinski definition) is 4. The third-order valence-corrected chi connectivity index (χ3v) is 4.51. The molecule has 1 saturated heterocycles. The Morgan fingerprint density at radius 1 is 1.29 bits per heavy atom. The third kappa shape index (κ3) is 3.02. The van der Waals surface area contributed by atoms with Crippen LogP contribution in [0.4, 0.5) is 0 Å². The Morgan fingerprint density at radius 2 is 2.00 bits per heavy atom. The molecule has 0 unspecified atom stereocenters. The molecule has 24 heavy (non-hydrogen) atoms. The number of carbonyl (C=O) groups excluding carboxylic acids is 2. The number of fused-ring (bicyclic) bond motifs is 1. The summed E-state index contributed by atoms with van der Waals surface area (Å²) < 4.78 is 1.20. The normalized spacial score (nSPS) is 17.9. The lowest BCUT2D eigenvalue weighted by atomic mass is 9.97. The molecule has 3 rings (SSSR count). The van der Waals surface area contributed by atoms with Crippen LogP contribution in [0.5, 0.6) is 0 Å². The number of primary amides is 1. The molecule has 1 fully saturated rings. The first-order valence-electron chi connectivity index (χ1n) is 8.01. The van der Waals surface area contributed by atoms with E-state index in [0.29, 0.717) is 30.6 Å². The Bertz CT molecular complexity index is 859. The van der Waals surface area contributed by atoms with Gasteiger partial charge in [0.05, 0.1) is 17.0 Å². The van der Waals surface area contributed by atoms with Crippen molar-refractivity contribution >= 4 is 22.6 Å². The van der Waals surface area contributed by atoms with Gasteiger partial charge >= 0.3 is 0 Å². The van der Waals surface area contributed by atoms with Gasteiger partial charge in [0.2, 0.25) is 11.8 Å². The monoisotopic (exact) mass is 328 g/mol. The van der Waals surface area contributed by atoms with Crippen molar-refractivity contribution in [2.45, 2.75) is 26.3 Å². The van der Waals surface area contributed by atoms with Gasteiger partial charge in [0.15, 0.2) is 0 Å². The summed E-state index contributed by atoms with van der Waals surface area (Å²) in [6.07, 6.45) is 1.44. The van der Waals surface area contributed by atoms with Crippen LogP contribution in [0, 0.1) is 12.8 Å². The Labute approximate surface area is 139 Å². The molecule has 126 valence electrons.